The highest BCUT2D eigenvalue weighted by molar-refractivity contribution is 4.85. The predicted molar refractivity (Wildman–Crippen MR) is 58.9 cm³/mol. The van der Waals surface area contributed by atoms with E-state index in [1.165, 1.54) is 0 Å². The van der Waals surface area contributed by atoms with Gasteiger partial charge in [-0.3, -0.25) is 0 Å². The highest BCUT2D eigenvalue weighted by Gasteiger charge is 2.33. The van der Waals surface area contributed by atoms with Crippen molar-refractivity contribution in [1.82, 2.24) is 0 Å². The van der Waals surface area contributed by atoms with E-state index in [0.717, 1.165) is 39.1 Å². The van der Waals surface area contributed by atoms with Gasteiger partial charge in [0.15, 0.2) is 0 Å². The monoisotopic (exact) mass is 217 g/mol. The molecule has 0 saturated carbocycles. The van der Waals surface area contributed by atoms with Crippen LogP contribution in [-0.2, 0) is 14.2 Å². The minimum Gasteiger partial charge on any atom is -0.385 e. The van der Waals surface area contributed by atoms with Gasteiger partial charge in [-0.2, -0.15) is 0 Å². The molecule has 1 aliphatic rings. The summed E-state index contributed by atoms with van der Waals surface area (Å²) < 4.78 is 16.4. The number of rotatable bonds is 6. The number of methoxy groups -OCH3 is 1. The van der Waals surface area contributed by atoms with E-state index in [4.69, 9.17) is 19.9 Å². The Morgan fingerprint density at radius 2 is 2.07 bits per heavy atom. The third-order valence-corrected chi connectivity index (χ3v) is 2.96. The minimum atomic E-state index is -0.161. The van der Waals surface area contributed by atoms with Crippen LogP contribution >= 0.6 is 0 Å². The molecule has 0 aromatic carbocycles. The van der Waals surface area contributed by atoms with Gasteiger partial charge in [0.2, 0.25) is 0 Å². The maximum absolute atomic E-state index is 6.05. The topological polar surface area (TPSA) is 53.7 Å². The maximum atomic E-state index is 6.05. The lowest BCUT2D eigenvalue weighted by molar-refractivity contribution is -0.136. The molecule has 1 rings (SSSR count). The molecular weight excluding hydrogens is 194 g/mol. The van der Waals surface area contributed by atoms with E-state index >= 15 is 0 Å². The van der Waals surface area contributed by atoms with Crippen LogP contribution in [0.2, 0.25) is 0 Å². The fraction of sp³-hybridized carbons (Fsp3) is 1.00. The Hall–Kier alpha value is -0.160. The van der Waals surface area contributed by atoms with Crippen molar-refractivity contribution in [1.29, 1.82) is 0 Å². The zero-order valence-corrected chi connectivity index (χ0v) is 9.83. The van der Waals surface area contributed by atoms with Gasteiger partial charge in [0.1, 0.15) is 0 Å². The zero-order chi connectivity index (χ0) is 11.1. The standard InChI is InChI=1S/C11H23NO3/c1-10(3-6-13-2)15-11(9-12)4-7-14-8-5-11/h10H,3-9,12H2,1-2H3. The lowest BCUT2D eigenvalue weighted by Crippen LogP contribution is -2.47. The molecule has 1 aliphatic heterocycles. The highest BCUT2D eigenvalue weighted by Crippen LogP contribution is 2.26. The second-order valence-corrected chi connectivity index (χ2v) is 4.21. The van der Waals surface area contributed by atoms with Crippen molar-refractivity contribution in [2.75, 3.05) is 33.5 Å². The molecule has 0 aromatic rings. The third-order valence-electron chi connectivity index (χ3n) is 2.96. The Morgan fingerprint density at radius 1 is 1.40 bits per heavy atom. The first-order chi connectivity index (χ1) is 7.22. The van der Waals surface area contributed by atoms with Crippen molar-refractivity contribution in [3.8, 4) is 0 Å². The number of hydrogen-bond acceptors (Lipinski definition) is 4. The summed E-state index contributed by atoms with van der Waals surface area (Å²) in [6.07, 6.45) is 2.92. The average Bonchev–Trinajstić information content (AvgIpc) is 2.27. The van der Waals surface area contributed by atoms with Gasteiger partial charge in [-0.15, -0.1) is 0 Å². The molecular formula is C11H23NO3. The Labute approximate surface area is 92.1 Å². The quantitative estimate of drug-likeness (QED) is 0.719. The second kappa shape index (κ2) is 6.43. The summed E-state index contributed by atoms with van der Waals surface area (Å²) in [5.74, 6) is 0. The Kier molecular flexibility index (Phi) is 5.53. The lowest BCUT2D eigenvalue weighted by atomic mass is 9.94. The molecule has 1 unspecified atom stereocenters. The summed E-state index contributed by atoms with van der Waals surface area (Å²) in [6, 6.07) is 0. The predicted octanol–water partition coefficient (Wildman–Crippen LogP) is 0.936. The second-order valence-electron chi connectivity index (χ2n) is 4.21. The summed E-state index contributed by atoms with van der Waals surface area (Å²) >= 11 is 0. The fourth-order valence-corrected chi connectivity index (χ4v) is 1.88. The van der Waals surface area contributed by atoms with Crippen molar-refractivity contribution < 1.29 is 14.2 Å². The minimum absolute atomic E-state index is 0.161. The van der Waals surface area contributed by atoms with E-state index in [2.05, 4.69) is 6.92 Å². The summed E-state index contributed by atoms with van der Waals surface area (Å²) in [7, 11) is 1.71. The molecule has 1 heterocycles. The van der Waals surface area contributed by atoms with Crippen molar-refractivity contribution in [2.45, 2.75) is 37.9 Å². The molecule has 0 aromatic heterocycles. The first-order valence-corrected chi connectivity index (χ1v) is 5.67. The van der Waals surface area contributed by atoms with Gasteiger partial charge in [-0.1, -0.05) is 0 Å². The van der Waals surface area contributed by atoms with Crippen molar-refractivity contribution in [3.63, 3.8) is 0 Å². The number of nitrogens with two attached hydrogens (primary N) is 1. The maximum Gasteiger partial charge on any atom is 0.0851 e. The van der Waals surface area contributed by atoms with Gasteiger partial charge < -0.3 is 19.9 Å². The van der Waals surface area contributed by atoms with Crippen molar-refractivity contribution >= 4 is 0 Å². The van der Waals surface area contributed by atoms with Crippen LogP contribution in [-0.4, -0.2) is 45.2 Å². The third kappa shape index (κ3) is 4.07. The molecule has 4 nitrogen and oxygen atoms in total. The fourth-order valence-electron chi connectivity index (χ4n) is 1.88. The number of hydrogen-bond donors (Lipinski definition) is 1. The Bertz CT molecular complexity index is 169. The molecule has 0 spiro atoms. The van der Waals surface area contributed by atoms with Crippen LogP contribution in [0.1, 0.15) is 26.2 Å². The van der Waals surface area contributed by atoms with Gasteiger partial charge in [0, 0.05) is 46.3 Å². The molecule has 2 N–H and O–H groups in total. The first-order valence-electron chi connectivity index (χ1n) is 5.67. The Balaban J connectivity index is 2.37. The van der Waals surface area contributed by atoms with E-state index in [0.29, 0.717) is 6.54 Å². The molecule has 0 radical (unpaired) electrons. The molecule has 4 heteroatoms. The van der Waals surface area contributed by atoms with Crippen molar-refractivity contribution in [3.05, 3.63) is 0 Å². The Morgan fingerprint density at radius 3 is 2.60 bits per heavy atom. The van der Waals surface area contributed by atoms with E-state index in [-0.39, 0.29) is 11.7 Å². The SMILES string of the molecule is COCCC(C)OC1(CN)CCOCC1. The van der Waals surface area contributed by atoms with Crippen LogP contribution in [0.3, 0.4) is 0 Å². The lowest BCUT2D eigenvalue weighted by Gasteiger charge is -2.38. The molecule has 1 saturated heterocycles. The van der Waals surface area contributed by atoms with Gasteiger partial charge in [-0.25, -0.2) is 0 Å². The van der Waals surface area contributed by atoms with Crippen LogP contribution in [0, 0.1) is 0 Å². The van der Waals surface area contributed by atoms with E-state index in [1.54, 1.807) is 7.11 Å². The summed E-state index contributed by atoms with van der Waals surface area (Å²) in [4.78, 5) is 0. The summed E-state index contributed by atoms with van der Waals surface area (Å²) in [5.41, 5.74) is 5.64. The van der Waals surface area contributed by atoms with E-state index < -0.39 is 0 Å². The smallest absolute Gasteiger partial charge is 0.0851 e. The van der Waals surface area contributed by atoms with Gasteiger partial charge >= 0.3 is 0 Å². The van der Waals surface area contributed by atoms with E-state index in [1.807, 2.05) is 0 Å². The molecule has 0 aliphatic carbocycles. The summed E-state index contributed by atoms with van der Waals surface area (Å²) in [6.45, 7) is 4.90. The van der Waals surface area contributed by atoms with Gasteiger partial charge in [-0.05, 0) is 13.3 Å². The molecule has 15 heavy (non-hydrogen) atoms. The molecule has 1 atom stereocenters. The normalized spacial score (nSPS) is 22.6. The average molecular weight is 217 g/mol. The van der Waals surface area contributed by atoms with Crippen LogP contribution in [0.4, 0.5) is 0 Å². The molecule has 1 fully saturated rings. The van der Waals surface area contributed by atoms with Crippen LogP contribution < -0.4 is 5.73 Å². The largest absolute Gasteiger partial charge is 0.385 e. The highest BCUT2D eigenvalue weighted by atomic mass is 16.5. The van der Waals surface area contributed by atoms with Crippen LogP contribution in [0.15, 0.2) is 0 Å². The molecule has 0 bridgehead atoms. The van der Waals surface area contributed by atoms with Gasteiger partial charge in [0.05, 0.1) is 11.7 Å². The van der Waals surface area contributed by atoms with Crippen LogP contribution in [0.25, 0.3) is 0 Å². The number of ether oxygens (including phenoxy) is 3. The van der Waals surface area contributed by atoms with Gasteiger partial charge in [0.25, 0.3) is 0 Å². The van der Waals surface area contributed by atoms with Crippen molar-refractivity contribution in [2.24, 2.45) is 5.73 Å². The summed E-state index contributed by atoms with van der Waals surface area (Å²) in [5, 5.41) is 0. The zero-order valence-electron chi connectivity index (χ0n) is 9.83. The van der Waals surface area contributed by atoms with E-state index in [9.17, 15) is 0 Å². The molecule has 0 amide bonds. The van der Waals surface area contributed by atoms with Crippen LogP contribution in [0.5, 0.6) is 0 Å². The first kappa shape index (κ1) is 12.9. The molecule has 90 valence electrons.